The van der Waals surface area contributed by atoms with Crippen LogP contribution in [-0.4, -0.2) is 24.8 Å². The summed E-state index contributed by atoms with van der Waals surface area (Å²) in [5, 5.41) is -4.39. The van der Waals surface area contributed by atoms with Gasteiger partial charge in [-0.1, -0.05) is 0 Å². The van der Waals surface area contributed by atoms with E-state index in [-0.39, 0.29) is 5.76 Å². The number of hydrogen-bond acceptors (Lipinski definition) is 4. The van der Waals surface area contributed by atoms with Crippen molar-refractivity contribution in [2.45, 2.75) is 26.0 Å². The molecule has 0 saturated carbocycles. The van der Waals surface area contributed by atoms with Gasteiger partial charge in [-0.2, -0.15) is 8.78 Å². The third-order valence-corrected chi connectivity index (χ3v) is 2.38. The van der Waals surface area contributed by atoms with E-state index in [0.29, 0.717) is 5.57 Å². The van der Waals surface area contributed by atoms with Crippen molar-refractivity contribution >= 4 is 10.1 Å². The molecule has 84 valence electrons. The predicted octanol–water partition coefficient (Wildman–Crippen LogP) is 1.45. The molecule has 0 heterocycles. The summed E-state index contributed by atoms with van der Waals surface area (Å²) in [6.45, 7) is 3.18. The largest absolute Gasteiger partial charge is 0.743 e. The topological polar surface area (TPSA) is 66.4 Å². The molecule has 0 aliphatic carbocycles. The number of halogens is 2. The van der Waals surface area contributed by atoms with Crippen molar-refractivity contribution in [3.8, 4) is 0 Å². The van der Waals surface area contributed by atoms with Gasteiger partial charge in [-0.3, -0.25) is 0 Å². The molecule has 0 N–H and O–H groups in total. The average molecular weight is 229 g/mol. The van der Waals surface area contributed by atoms with E-state index in [0.717, 1.165) is 0 Å². The minimum Gasteiger partial charge on any atom is -0.743 e. The lowest BCUT2D eigenvalue weighted by molar-refractivity contribution is 0.00245. The first-order valence-electron chi connectivity index (χ1n) is 3.68. The Morgan fingerprint density at radius 2 is 1.79 bits per heavy atom. The van der Waals surface area contributed by atoms with Gasteiger partial charge >= 0.3 is 5.25 Å². The van der Waals surface area contributed by atoms with Crippen molar-refractivity contribution in [3.05, 3.63) is 11.3 Å². The van der Waals surface area contributed by atoms with Gasteiger partial charge < -0.3 is 9.29 Å². The lowest BCUT2D eigenvalue weighted by atomic mass is 10.3. The number of ether oxygens (including phenoxy) is 1. The van der Waals surface area contributed by atoms with E-state index in [2.05, 4.69) is 4.74 Å². The summed E-state index contributed by atoms with van der Waals surface area (Å²) in [4.78, 5) is 0. The quantitative estimate of drug-likeness (QED) is 0.540. The molecule has 0 unspecified atom stereocenters. The first-order chi connectivity index (χ1) is 6.08. The molecule has 0 fully saturated rings. The summed E-state index contributed by atoms with van der Waals surface area (Å²) in [6.07, 6.45) is 0. The van der Waals surface area contributed by atoms with E-state index >= 15 is 0 Å². The zero-order chi connectivity index (χ0) is 11.6. The molecule has 0 radical (unpaired) electrons. The highest BCUT2D eigenvalue weighted by molar-refractivity contribution is 7.86. The SMILES string of the molecule is CC(C)=C(C)OCC(F)(F)S(=O)(=O)[O-]. The van der Waals surface area contributed by atoms with Gasteiger partial charge in [-0.15, -0.1) is 0 Å². The number of alkyl halides is 2. The highest BCUT2D eigenvalue weighted by atomic mass is 32.2. The Bertz CT molecular complexity index is 328. The van der Waals surface area contributed by atoms with Crippen LogP contribution in [0.25, 0.3) is 0 Å². The molecule has 4 nitrogen and oxygen atoms in total. The van der Waals surface area contributed by atoms with Gasteiger partial charge in [0.05, 0.1) is 5.76 Å². The van der Waals surface area contributed by atoms with Crippen molar-refractivity contribution in [2.24, 2.45) is 0 Å². The molecular weight excluding hydrogens is 218 g/mol. The highest BCUT2D eigenvalue weighted by Crippen LogP contribution is 2.22. The molecule has 0 amide bonds. The van der Waals surface area contributed by atoms with Crippen LogP contribution in [0.5, 0.6) is 0 Å². The van der Waals surface area contributed by atoms with Gasteiger partial charge in [0, 0.05) is 0 Å². The van der Waals surface area contributed by atoms with Gasteiger partial charge in [0.15, 0.2) is 16.7 Å². The molecule has 0 aromatic heterocycles. The van der Waals surface area contributed by atoms with E-state index in [9.17, 15) is 21.8 Å². The van der Waals surface area contributed by atoms with Crippen LogP contribution in [0, 0.1) is 0 Å². The normalized spacial score (nSPS) is 12.4. The minimum absolute atomic E-state index is 0.174. The molecule has 0 bridgehead atoms. The second kappa shape index (κ2) is 4.22. The van der Waals surface area contributed by atoms with Crippen LogP contribution < -0.4 is 0 Å². The molecule has 14 heavy (non-hydrogen) atoms. The number of allylic oxidation sites excluding steroid dienone is 2. The van der Waals surface area contributed by atoms with Crippen molar-refractivity contribution in [3.63, 3.8) is 0 Å². The number of hydrogen-bond donors (Lipinski definition) is 0. The predicted molar refractivity (Wildman–Crippen MR) is 44.6 cm³/mol. The Labute approximate surface area is 81.3 Å². The third kappa shape index (κ3) is 3.59. The van der Waals surface area contributed by atoms with Crippen LogP contribution in [0.3, 0.4) is 0 Å². The summed E-state index contributed by atoms with van der Waals surface area (Å²) < 4.78 is 59.6. The van der Waals surface area contributed by atoms with Gasteiger partial charge in [0.25, 0.3) is 0 Å². The Morgan fingerprint density at radius 1 is 1.36 bits per heavy atom. The lowest BCUT2D eigenvalue weighted by Gasteiger charge is -2.20. The molecule has 0 aromatic carbocycles. The maximum absolute atomic E-state index is 12.5. The lowest BCUT2D eigenvalue weighted by Crippen LogP contribution is -2.33. The Kier molecular flexibility index (Phi) is 4.01. The summed E-state index contributed by atoms with van der Waals surface area (Å²) in [5.41, 5.74) is 0.629. The molecule has 0 atom stereocenters. The fraction of sp³-hybridized carbons (Fsp3) is 0.714. The van der Waals surface area contributed by atoms with E-state index in [1.807, 2.05) is 0 Å². The first kappa shape index (κ1) is 13.3. The molecule has 0 rings (SSSR count). The van der Waals surface area contributed by atoms with Crippen LogP contribution in [0.4, 0.5) is 8.78 Å². The molecule has 0 aliphatic heterocycles. The Balaban J connectivity index is 4.51. The van der Waals surface area contributed by atoms with Gasteiger partial charge in [0.2, 0.25) is 0 Å². The van der Waals surface area contributed by atoms with Crippen LogP contribution in [-0.2, 0) is 14.9 Å². The Hall–Kier alpha value is -0.690. The van der Waals surface area contributed by atoms with Gasteiger partial charge in [0.1, 0.15) is 0 Å². The van der Waals surface area contributed by atoms with Gasteiger partial charge in [-0.05, 0) is 26.3 Å². The highest BCUT2D eigenvalue weighted by Gasteiger charge is 2.38. The summed E-state index contributed by atoms with van der Waals surface area (Å²) in [7, 11) is -5.65. The summed E-state index contributed by atoms with van der Waals surface area (Å²) >= 11 is 0. The van der Waals surface area contributed by atoms with Crippen molar-refractivity contribution in [1.82, 2.24) is 0 Å². The third-order valence-electron chi connectivity index (χ3n) is 1.53. The fourth-order valence-corrected chi connectivity index (χ4v) is 0.612. The van der Waals surface area contributed by atoms with Crippen LogP contribution >= 0.6 is 0 Å². The average Bonchev–Trinajstić information content (AvgIpc) is 1.97. The smallest absolute Gasteiger partial charge is 0.367 e. The second-order valence-electron chi connectivity index (χ2n) is 2.94. The van der Waals surface area contributed by atoms with Crippen molar-refractivity contribution in [1.29, 1.82) is 0 Å². The van der Waals surface area contributed by atoms with E-state index in [1.54, 1.807) is 13.8 Å². The van der Waals surface area contributed by atoms with Crippen LogP contribution in [0.15, 0.2) is 11.3 Å². The fourth-order valence-electron chi connectivity index (χ4n) is 0.409. The maximum atomic E-state index is 12.5. The number of rotatable bonds is 4. The molecule has 7 heteroatoms. The van der Waals surface area contributed by atoms with E-state index in [1.165, 1.54) is 6.92 Å². The van der Waals surface area contributed by atoms with Crippen molar-refractivity contribution in [2.75, 3.05) is 6.61 Å². The maximum Gasteiger partial charge on any atom is 0.367 e. The zero-order valence-corrected chi connectivity index (χ0v) is 8.82. The standard InChI is InChI=1S/C7H12F2O4S/c1-5(2)6(3)13-4-7(8,9)14(10,11)12/h4H2,1-3H3,(H,10,11,12)/p-1. The second-order valence-corrected chi connectivity index (χ2v) is 4.44. The summed E-state index contributed by atoms with van der Waals surface area (Å²) in [5.74, 6) is 0.174. The molecule has 0 aromatic rings. The van der Waals surface area contributed by atoms with Crippen LogP contribution in [0.2, 0.25) is 0 Å². The molecular formula is C7H11F2O4S-. The van der Waals surface area contributed by atoms with Gasteiger partial charge in [-0.25, -0.2) is 8.42 Å². The summed E-state index contributed by atoms with van der Waals surface area (Å²) in [6, 6.07) is 0. The van der Waals surface area contributed by atoms with Crippen LogP contribution in [0.1, 0.15) is 20.8 Å². The minimum atomic E-state index is -5.65. The monoisotopic (exact) mass is 229 g/mol. The van der Waals surface area contributed by atoms with E-state index in [4.69, 9.17) is 0 Å². The van der Waals surface area contributed by atoms with Crippen molar-refractivity contribution < 1.29 is 26.5 Å². The zero-order valence-electron chi connectivity index (χ0n) is 8.00. The first-order valence-corrected chi connectivity index (χ1v) is 5.09. The Morgan fingerprint density at radius 3 is 2.07 bits per heavy atom. The molecule has 0 spiro atoms. The molecule has 0 aliphatic rings. The molecule has 0 saturated heterocycles. The van der Waals surface area contributed by atoms with E-state index < -0.39 is 22.0 Å².